The zero-order chi connectivity index (χ0) is 21.8. The maximum absolute atomic E-state index is 13.0. The Kier molecular flexibility index (Phi) is 7.20. The first kappa shape index (κ1) is 22.2. The van der Waals surface area contributed by atoms with Gasteiger partial charge in [-0.2, -0.15) is 0 Å². The van der Waals surface area contributed by atoms with Crippen LogP contribution in [0.5, 0.6) is 0 Å². The molecule has 3 aliphatic heterocycles. The number of nitrogens with zero attached hydrogens (tertiary/aromatic N) is 2. The predicted octanol–water partition coefficient (Wildman–Crippen LogP) is 1.27. The van der Waals surface area contributed by atoms with E-state index in [1.807, 2.05) is 0 Å². The Morgan fingerprint density at radius 1 is 1.23 bits per heavy atom. The van der Waals surface area contributed by atoms with Gasteiger partial charge >= 0.3 is 0 Å². The Hall–Kier alpha value is -2.03. The van der Waals surface area contributed by atoms with Crippen LogP contribution in [0, 0.1) is 5.82 Å². The number of likely N-dealkylation sites (N-methyl/N-ethyl adjacent to an activating group) is 1. The Balaban J connectivity index is 1.30. The van der Waals surface area contributed by atoms with E-state index in [4.69, 9.17) is 4.74 Å². The molecule has 0 aliphatic carbocycles. The van der Waals surface area contributed by atoms with E-state index < -0.39 is 0 Å². The van der Waals surface area contributed by atoms with Gasteiger partial charge in [-0.25, -0.2) is 4.39 Å². The fourth-order valence-corrected chi connectivity index (χ4v) is 5.21. The normalized spacial score (nSPS) is 28.1. The lowest BCUT2D eigenvalue weighted by atomic mass is 10.0. The van der Waals surface area contributed by atoms with Crippen LogP contribution in [-0.2, 0) is 20.9 Å². The molecule has 3 saturated heterocycles. The third-order valence-corrected chi connectivity index (χ3v) is 7.05. The summed E-state index contributed by atoms with van der Waals surface area (Å²) < 4.78 is 18.5. The van der Waals surface area contributed by atoms with Crippen LogP contribution < -0.4 is 10.6 Å². The second kappa shape index (κ2) is 10.1. The summed E-state index contributed by atoms with van der Waals surface area (Å²) in [5, 5.41) is 6.04. The number of benzene rings is 1. The van der Waals surface area contributed by atoms with Crippen molar-refractivity contribution in [1.82, 2.24) is 20.4 Å². The van der Waals surface area contributed by atoms with E-state index in [0.717, 1.165) is 44.6 Å². The molecule has 0 bridgehead atoms. The highest BCUT2D eigenvalue weighted by Crippen LogP contribution is 2.31. The van der Waals surface area contributed by atoms with Crippen LogP contribution in [-0.4, -0.2) is 79.1 Å². The van der Waals surface area contributed by atoms with Crippen molar-refractivity contribution in [2.24, 2.45) is 0 Å². The molecule has 1 aromatic rings. The standard InChI is InChI=1S/C23H33FN4O3/c1-27-19(6-7-21(29)25-14-16-2-4-17(24)5-3-16)15-26-23(30)22-20(27)8-11-28(22)18-9-12-31-13-10-18/h2-5,18-20,22H,6-15H2,1H3,(H,25,29)(H,26,30)/t19-,20+,22-/m0/s1. The molecule has 0 spiro atoms. The monoisotopic (exact) mass is 432 g/mol. The molecule has 7 nitrogen and oxygen atoms in total. The zero-order valence-electron chi connectivity index (χ0n) is 18.2. The maximum Gasteiger partial charge on any atom is 0.239 e. The van der Waals surface area contributed by atoms with Crippen LogP contribution in [0.4, 0.5) is 4.39 Å². The Morgan fingerprint density at radius 2 is 1.97 bits per heavy atom. The number of carbonyl (C=O) groups excluding carboxylic acids is 2. The molecule has 0 saturated carbocycles. The molecule has 8 heteroatoms. The van der Waals surface area contributed by atoms with Crippen molar-refractivity contribution in [3.05, 3.63) is 35.6 Å². The number of amides is 2. The summed E-state index contributed by atoms with van der Waals surface area (Å²) in [5.74, 6) is -0.196. The summed E-state index contributed by atoms with van der Waals surface area (Å²) in [6, 6.07) is 6.74. The van der Waals surface area contributed by atoms with Gasteiger partial charge in [0.2, 0.25) is 11.8 Å². The third-order valence-electron chi connectivity index (χ3n) is 7.05. The largest absolute Gasteiger partial charge is 0.381 e. The molecule has 3 fully saturated rings. The Bertz CT molecular complexity index is 769. The van der Waals surface area contributed by atoms with Gasteiger partial charge in [0, 0.05) is 57.4 Å². The third kappa shape index (κ3) is 5.25. The average Bonchev–Trinajstić information content (AvgIpc) is 3.19. The summed E-state index contributed by atoms with van der Waals surface area (Å²) in [5.41, 5.74) is 0.871. The molecule has 4 rings (SSSR count). The number of fused-ring (bicyclic) bond motifs is 1. The molecule has 31 heavy (non-hydrogen) atoms. The van der Waals surface area contributed by atoms with Gasteiger partial charge < -0.3 is 15.4 Å². The van der Waals surface area contributed by atoms with Crippen molar-refractivity contribution < 1.29 is 18.7 Å². The van der Waals surface area contributed by atoms with Crippen LogP contribution in [0.15, 0.2) is 24.3 Å². The maximum atomic E-state index is 13.0. The van der Waals surface area contributed by atoms with Gasteiger partial charge in [-0.1, -0.05) is 12.1 Å². The van der Waals surface area contributed by atoms with Crippen LogP contribution in [0.1, 0.15) is 37.7 Å². The number of rotatable bonds is 6. The second-order valence-corrected chi connectivity index (χ2v) is 8.89. The van der Waals surface area contributed by atoms with Crippen molar-refractivity contribution in [3.63, 3.8) is 0 Å². The van der Waals surface area contributed by atoms with E-state index in [2.05, 4.69) is 27.5 Å². The van der Waals surface area contributed by atoms with Gasteiger partial charge in [0.05, 0.1) is 0 Å². The molecule has 0 unspecified atom stereocenters. The zero-order valence-corrected chi connectivity index (χ0v) is 18.2. The topological polar surface area (TPSA) is 73.9 Å². The van der Waals surface area contributed by atoms with Crippen molar-refractivity contribution in [3.8, 4) is 0 Å². The molecule has 170 valence electrons. The van der Waals surface area contributed by atoms with Crippen molar-refractivity contribution in [1.29, 1.82) is 0 Å². The molecular formula is C23H33FN4O3. The SMILES string of the molecule is CN1[C@@H](CCC(=O)NCc2ccc(F)cc2)CNC(=O)[C@@H]2[C@H]1CCN2C1CCOCC1. The predicted molar refractivity (Wildman–Crippen MR) is 115 cm³/mol. The molecule has 3 aliphatic rings. The van der Waals surface area contributed by atoms with Crippen molar-refractivity contribution in [2.45, 2.75) is 62.8 Å². The number of nitrogens with one attached hydrogen (secondary N) is 2. The Labute approximate surface area is 183 Å². The molecule has 1 aromatic carbocycles. The van der Waals surface area contributed by atoms with Crippen molar-refractivity contribution in [2.75, 3.05) is 33.4 Å². The quantitative estimate of drug-likeness (QED) is 0.708. The van der Waals surface area contributed by atoms with Gasteiger partial charge in [-0.3, -0.25) is 19.4 Å². The fourth-order valence-electron chi connectivity index (χ4n) is 5.21. The lowest BCUT2D eigenvalue weighted by Gasteiger charge is -2.37. The number of halogens is 1. The Morgan fingerprint density at radius 3 is 2.71 bits per heavy atom. The first-order valence-corrected chi connectivity index (χ1v) is 11.4. The van der Waals surface area contributed by atoms with Gasteiger partial charge in [-0.15, -0.1) is 0 Å². The highest BCUT2D eigenvalue weighted by molar-refractivity contribution is 5.83. The van der Waals surface area contributed by atoms with Crippen LogP contribution in [0.25, 0.3) is 0 Å². The van der Waals surface area contributed by atoms with Gasteiger partial charge in [0.1, 0.15) is 11.9 Å². The van der Waals surface area contributed by atoms with Gasteiger partial charge in [0.25, 0.3) is 0 Å². The lowest BCUT2D eigenvalue weighted by Crippen LogP contribution is -2.53. The molecule has 0 aromatic heterocycles. The first-order chi connectivity index (χ1) is 15.0. The van der Waals surface area contributed by atoms with Crippen molar-refractivity contribution >= 4 is 11.8 Å². The molecule has 0 radical (unpaired) electrons. The second-order valence-electron chi connectivity index (χ2n) is 8.89. The number of hydrogen-bond donors (Lipinski definition) is 2. The van der Waals surface area contributed by atoms with Crippen LogP contribution >= 0.6 is 0 Å². The number of carbonyl (C=O) groups is 2. The van der Waals surface area contributed by atoms with E-state index in [9.17, 15) is 14.0 Å². The van der Waals surface area contributed by atoms with E-state index in [1.165, 1.54) is 12.1 Å². The van der Waals surface area contributed by atoms with Crippen LogP contribution in [0.3, 0.4) is 0 Å². The summed E-state index contributed by atoms with van der Waals surface area (Å²) >= 11 is 0. The minimum Gasteiger partial charge on any atom is -0.381 e. The van der Waals surface area contributed by atoms with E-state index >= 15 is 0 Å². The average molecular weight is 433 g/mol. The number of ether oxygens (including phenoxy) is 1. The van der Waals surface area contributed by atoms with E-state index in [0.29, 0.717) is 32.0 Å². The van der Waals surface area contributed by atoms with Gasteiger partial charge in [0.15, 0.2) is 0 Å². The first-order valence-electron chi connectivity index (χ1n) is 11.4. The van der Waals surface area contributed by atoms with Gasteiger partial charge in [-0.05, 0) is 50.4 Å². The summed E-state index contributed by atoms with van der Waals surface area (Å²) in [6.45, 7) is 3.43. The van der Waals surface area contributed by atoms with E-state index in [-0.39, 0.29) is 35.8 Å². The molecule has 2 N–H and O–H groups in total. The molecule has 3 heterocycles. The summed E-state index contributed by atoms with van der Waals surface area (Å²) in [7, 11) is 2.09. The lowest BCUT2D eigenvalue weighted by molar-refractivity contribution is -0.127. The number of likely N-dealkylation sites (tertiary alicyclic amines) is 1. The molecule has 2 amide bonds. The fraction of sp³-hybridized carbons (Fsp3) is 0.652. The highest BCUT2D eigenvalue weighted by Gasteiger charge is 2.47. The summed E-state index contributed by atoms with van der Waals surface area (Å²) in [4.78, 5) is 30.0. The number of hydrogen-bond acceptors (Lipinski definition) is 5. The summed E-state index contributed by atoms with van der Waals surface area (Å²) in [6.07, 6.45) is 4.02. The minimum absolute atomic E-state index is 0.0277. The highest BCUT2D eigenvalue weighted by atomic mass is 19.1. The smallest absolute Gasteiger partial charge is 0.239 e. The molecular weight excluding hydrogens is 399 g/mol. The minimum atomic E-state index is -0.283. The van der Waals surface area contributed by atoms with Crippen LogP contribution in [0.2, 0.25) is 0 Å². The molecule has 3 atom stereocenters. The van der Waals surface area contributed by atoms with E-state index in [1.54, 1.807) is 12.1 Å².